The van der Waals surface area contributed by atoms with Crippen molar-refractivity contribution in [3.63, 3.8) is 0 Å². The third-order valence-corrected chi connectivity index (χ3v) is 5.31. The highest BCUT2D eigenvalue weighted by atomic mass is 16.5. The predicted octanol–water partition coefficient (Wildman–Crippen LogP) is 2.89. The Balaban J connectivity index is 1.50. The quantitative estimate of drug-likeness (QED) is 0.484. The first-order valence-electron chi connectivity index (χ1n) is 9.68. The Kier molecular flexibility index (Phi) is 6.87. The van der Waals surface area contributed by atoms with Crippen molar-refractivity contribution in [1.29, 1.82) is 0 Å². The molecule has 5 nitrogen and oxygen atoms in total. The van der Waals surface area contributed by atoms with Crippen LogP contribution in [0.5, 0.6) is 0 Å². The van der Waals surface area contributed by atoms with E-state index in [4.69, 9.17) is 5.21 Å². The van der Waals surface area contributed by atoms with Crippen LogP contribution < -0.4 is 10.8 Å². The normalized spacial score (nSPS) is 15.4. The Bertz CT molecular complexity index is 667. The van der Waals surface area contributed by atoms with E-state index in [2.05, 4.69) is 51.5 Å². The predicted molar refractivity (Wildman–Crippen MR) is 103 cm³/mol. The van der Waals surface area contributed by atoms with E-state index in [9.17, 15) is 0 Å². The second kappa shape index (κ2) is 9.34. The van der Waals surface area contributed by atoms with Gasteiger partial charge in [-0.25, -0.2) is 5.48 Å². The first-order chi connectivity index (χ1) is 12.3. The zero-order valence-corrected chi connectivity index (χ0v) is 15.4. The van der Waals surface area contributed by atoms with Gasteiger partial charge in [0, 0.05) is 48.3 Å². The number of fused-ring (bicyclic) bond motifs is 3. The van der Waals surface area contributed by atoms with Gasteiger partial charge in [-0.2, -0.15) is 0 Å². The summed E-state index contributed by atoms with van der Waals surface area (Å²) in [5, 5.41) is 14.8. The van der Waals surface area contributed by atoms with Gasteiger partial charge in [0.05, 0.1) is 0 Å². The average Bonchev–Trinajstić information content (AvgIpc) is 2.78. The highest BCUT2D eigenvalue weighted by Gasteiger charge is 2.19. The highest BCUT2D eigenvalue weighted by Crippen LogP contribution is 2.28. The van der Waals surface area contributed by atoms with Crippen LogP contribution in [-0.4, -0.2) is 47.4 Å². The van der Waals surface area contributed by atoms with Crippen LogP contribution in [0.15, 0.2) is 24.3 Å². The number of aryl methyl sites for hydroxylation is 1. The lowest BCUT2D eigenvalue weighted by Gasteiger charge is -2.20. The van der Waals surface area contributed by atoms with Crippen LogP contribution in [0.2, 0.25) is 0 Å². The molecule has 0 amide bonds. The summed E-state index contributed by atoms with van der Waals surface area (Å²) in [6.45, 7) is 9.56. The molecule has 3 N–H and O–H groups in total. The minimum atomic E-state index is 0.661. The van der Waals surface area contributed by atoms with Gasteiger partial charge < -0.3 is 15.1 Å². The van der Waals surface area contributed by atoms with Crippen LogP contribution in [0.4, 0.5) is 0 Å². The van der Waals surface area contributed by atoms with Gasteiger partial charge in [0.1, 0.15) is 0 Å². The van der Waals surface area contributed by atoms with Gasteiger partial charge >= 0.3 is 0 Å². The van der Waals surface area contributed by atoms with Crippen molar-refractivity contribution in [2.45, 2.75) is 45.7 Å². The van der Waals surface area contributed by atoms with Gasteiger partial charge in [-0.1, -0.05) is 24.3 Å². The van der Waals surface area contributed by atoms with Crippen LogP contribution in [-0.2, 0) is 13.1 Å². The third-order valence-electron chi connectivity index (χ3n) is 5.31. The van der Waals surface area contributed by atoms with Crippen molar-refractivity contribution in [3.8, 4) is 0 Å². The molecule has 0 radical (unpaired) electrons. The number of benzene rings is 1. The molecule has 0 atom stereocenters. The van der Waals surface area contributed by atoms with Gasteiger partial charge in [0.15, 0.2) is 0 Å². The molecule has 0 saturated heterocycles. The van der Waals surface area contributed by atoms with Crippen LogP contribution in [0.1, 0.15) is 37.1 Å². The Hall–Kier alpha value is -1.40. The molecule has 0 saturated carbocycles. The molecular weight excluding hydrogens is 312 g/mol. The summed E-state index contributed by atoms with van der Waals surface area (Å²) in [5.41, 5.74) is 5.12. The number of aromatic nitrogens is 1. The van der Waals surface area contributed by atoms with E-state index >= 15 is 0 Å². The summed E-state index contributed by atoms with van der Waals surface area (Å²) >= 11 is 0. The number of nitrogens with zero attached hydrogens (tertiary/aromatic N) is 2. The monoisotopic (exact) mass is 344 g/mol. The number of hydrogen-bond acceptors (Lipinski definition) is 4. The number of nitrogens with one attached hydrogen (secondary N) is 2. The minimum absolute atomic E-state index is 0.661. The van der Waals surface area contributed by atoms with Crippen molar-refractivity contribution in [2.24, 2.45) is 0 Å². The van der Waals surface area contributed by atoms with Crippen LogP contribution in [0.3, 0.4) is 0 Å². The number of hydroxylamine groups is 1. The van der Waals surface area contributed by atoms with Crippen LogP contribution >= 0.6 is 0 Å². The highest BCUT2D eigenvalue weighted by molar-refractivity contribution is 5.88. The Morgan fingerprint density at radius 3 is 2.64 bits per heavy atom. The maximum atomic E-state index is 8.53. The van der Waals surface area contributed by atoms with E-state index in [-0.39, 0.29) is 0 Å². The maximum Gasteiger partial charge on any atom is 0.0398 e. The largest absolute Gasteiger partial charge is 0.346 e. The molecule has 1 aliphatic heterocycles. The van der Waals surface area contributed by atoms with E-state index in [1.807, 2.05) is 0 Å². The molecule has 2 heterocycles. The Labute approximate surface area is 151 Å². The van der Waals surface area contributed by atoms with E-state index < -0.39 is 0 Å². The molecule has 0 fully saturated rings. The summed E-state index contributed by atoms with van der Waals surface area (Å²) in [7, 11) is 0. The molecule has 0 aliphatic carbocycles. The Morgan fingerprint density at radius 1 is 1.00 bits per heavy atom. The molecule has 0 unspecified atom stereocenters. The first kappa shape index (κ1) is 18.4. The molecule has 2 aromatic rings. The lowest BCUT2D eigenvalue weighted by Crippen LogP contribution is -2.26. The summed E-state index contributed by atoms with van der Waals surface area (Å²) in [5.74, 6) is 0. The number of rotatable bonds is 9. The molecule has 3 rings (SSSR count). The summed E-state index contributed by atoms with van der Waals surface area (Å²) in [6.07, 6.45) is 4.65. The molecule has 1 aliphatic rings. The molecule has 5 heteroatoms. The van der Waals surface area contributed by atoms with E-state index in [0.29, 0.717) is 6.54 Å². The van der Waals surface area contributed by atoms with Crippen molar-refractivity contribution in [1.82, 2.24) is 20.3 Å². The van der Waals surface area contributed by atoms with Crippen LogP contribution in [0.25, 0.3) is 10.8 Å². The second-order valence-corrected chi connectivity index (χ2v) is 7.08. The summed E-state index contributed by atoms with van der Waals surface area (Å²) < 4.78 is 2.54. The zero-order valence-electron chi connectivity index (χ0n) is 15.4. The van der Waals surface area contributed by atoms with Gasteiger partial charge in [-0.05, 0) is 52.2 Å². The van der Waals surface area contributed by atoms with Crippen molar-refractivity contribution in [3.05, 3.63) is 35.7 Å². The molecule has 138 valence electrons. The molecule has 0 bridgehead atoms. The lowest BCUT2D eigenvalue weighted by molar-refractivity contribution is 0.165. The molecule has 1 aromatic heterocycles. The molecular formula is C20H32N4O. The zero-order chi connectivity index (χ0) is 17.5. The van der Waals surface area contributed by atoms with E-state index in [1.54, 1.807) is 0 Å². The fourth-order valence-corrected chi connectivity index (χ4v) is 3.95. The van der Waals surface area contributed by atoms with Gasteiger partial charge in [-0.15, -0.1) is 0 Å². The number of unbranched alkanes of at least 4 members (excludes halogenated alkanes) is 1. The van der Waals surface area contributed by atoms with Gasteiger partial charge in [0.25, 0.3) is 0 Å². The second-order valence-electron chi connectivity index (χ2n) is 7.08. The van der Waals surface area contributed by atoms with Crippen molar-refractivity contribution < 1.29 is 5.21 Å². The third kappa shape index (κ3) is 4.61. The van der Waals surface area contributed by atoms with Crippen LogP contribution in [0, 0.1) is 6.92 Å². The smallest absolute Gasteiger partial charge is 0.0398 e. The summed E-state index contributed by atoms with van der Waals surface area (Å²) in [4.78, 5) is 2.63. The molecule has 25 heavy (non-hydrogen) atoms. The lowest BCUT2D eigenvalue weighted by atomic mass is 10.1. The SMILES string of the molecule is Cc1c2ccccc2c2n1CCCN(CCCCNCCCNO)C2. The van der Waals surface area contributed by atoms with Crippen molar-refractivity contribution in [2.75, 3.05) is 32.7 Å². The maximum absolute atomic E-state index is 8.53. The minimum Gasteiger partial charge on any atom is -0.346 e. The number of hydrogen-bond donors (Lipinski definition) is 3. The van der Waals surface area contributed by atoms with E-state index in [0.717, 1.165) is 32.6 Å². The molecule has 1 aromatic carbocycles. The molecule has 0 spiro atoms. The average molecular weight is 345 g/mol. The summed E-state index contributed by atoms with van der Waals surface area (Å²) in [6, 6.07) is 8.85. The Morgan fingerprint density at radius 2 is 1.80 bits per heavy atom. The standard InChI is InChI=1S/C20H32N4O/c1-17-18-8-2-3-9-19(18)20-16-23(14-7-15-24(17)20)13-5-4-10-21-11-6-12-22-25/h2-3,8-9,21-22,25H,4-7,10-16H2,1H3. The first-order valence-corrected chi connectivity index (χ1v) is 9.68. The fourth-order valence-electron chi connectivity index (χ4n) is 3.95. The van der Waals surface area contributed by atoms with Gasteiger partial charge in [0.2, 0.25) is 0 Å². The van der Waals surface area contributed by atoms with E-state index in [1.165, 1.54) is 54.5 Å². The van der Waals surface area contributed by atoms with Crippen molar-refractivity contribution >= 4 is 10.8 Å². The topological polar surface area (TPSA) is 52.5 Å². The fraction of sp³-hybridized carbons (Fsp3) is 0.600. The van der Waals surface area contributed by atoms with Gasteiger partial charge in [-0.3, -0.25) is 4.90 Å².